The van der Waals surface area contributed by atoms with Gasteiger partial charge in [-0.1, -0.05) is 12.1 Å². The van der Waals surface area contributed by atoms with Gasteiger partial charge in [-0.2, -0.15) is 0 Å². The minimum Gasteiger partial charge on any atom is -0.366 e. The van der Waals surface area contributed by atoms with Gasteiger partial charge in [0.15, 0.2) is 0 Å². The molecule has 0 spiro atoms. The Labute approximate surface area is 117 Å². The van der Waals surface area contributed by atoms with Crippen LogP contribution in [0.1, 0.15) is 5.56 Å². The summed E-state index contributed by atoms with van der Waals surface area (Å²) in [4.78, 5) is 23.2. The van der Waals surface area contributed by atoms with Gasteiger partial charge in [-0.3, -0.25) is 9.59 Å². The van der Waals surface area contributed by atoms with Crippen LogP contribution in [-0.2, 0) is 20.7 Å². The largest absolute Gasteiger partial charge is 0.366 e. The van der Waals surface area contributed by atoms with Crippen molar-refractivity contribution in [3.05, 3.63) is 29.8 Å². The van der Waals surface area contributed by atoms with Crippen molar-refractivity contribution in [2.75, 3.05) is 32.1 Å². The fourth-order valence-corrected chi connectivity index (χ4v) is 1.94. The van der Waals surface area contributed by atoms with E-state index in [1.54, 1.807) is 19.2 Å². The molecular weight excluding hydrogens is 258 g/mol. The maximum atomic E-state index is 11.9. The van der Waals surface area contributed by atoms with Crippen molar-refractivity contribution < 1.29 is 14.3 Å². The first kappa shape index (κ1) is 14.5. The number of rotatable bonds is 4. The molecule has 0 aromatic heterocycles. The van der Waals surface area contributed by atoms with E-state index in [9.17, 15) is 9.59 Å². The van der Waals surface area contributed by atoms with Gasteiger partial charge in [-0.05, 0) is 17.7 Å². The quantitative estimate of drug-likeness (QED) is 0.718. The van der Waals surface area contributed by atoms with E-state index in [1.165, 1.54) is 0 Å². The summed E-state index contributed by atoms with van der Waals surface area (Å²) in [6, 6.07) is 7.22. The summed E-state index contributed by atoms with van der Waals surface area (Å²) in [5.74, 6) is -0.195. The lowest BCUT2D eigenvalue weighted by Gasteiger charge is -2.22. The van der Waals surface area contributed by atoms with Crippen molar-refractivity contribution in [1.82, 2.24) is 10.6 Å². The van der Waals surface area contributed by atoms with Crippen LogP contribution in [0.15, 0.2) is 24.3 Å². The van der Waals surface area contributed by atoms with Gasteiger partial charge in [0.2, 0.25) is 5.91 Å². The molecule has 0 aliphatic carbocycles. The molecular formula is C14H19N3O3. The van der Waals surface area contributed by atoms with Crippen LogP contribution < -0.4 is 16.0 Å². The second kappa shape index (κ2) is 7.02. The topological polar surface area (TPSA) is 79.5 Å². The lowest BCUT2D eigenvalue weighted by atomic mass is 10.1. The first-order valence-electron chi connectivity index (χ1n) is 6.62. The highest BCUT2D eigenvalue weighted by Crippen LogP contribution is 2.11. The van der Waals surface area contributed by atoms with Crippen LogP contribution in [0.3, 0.4) is 0 Å². The predicted molar refractivity (Wildman–Crippen MR) is 75.5 cm³/mol. The van der Waals surface area contributed by atoms with Crippen LogP contribution in [0.4, 0.5) is 5.69 Å². The molecule has 1 aliphatic rings. The summed E-state index contributed by atoms with van der Waals surface area (Å²) < 4.78 is 5.38. The first-order valence-corrected chi connectivity index (χ1v) is 6.62. The third-order valence-corrected chi connectivity index (χ3v) is 3.09. The number of benzene rings is 1. The maximum Gasteiger partial charge on any atom is 0.254 e. The summed E-state index contributed by atoms with van der Waals surface area (Å²) in [6.45, 7) is 1.85. The Morgan fingerprint density at radius 3 is 2.70 bits per heavy atom. The third-order valence-electron chi connectivity index (χ3n) is 3.09. The molecule has 1 aromatic rings. The fraction of sp³-hybridized carbons (Fsp3) is 0.429. The smallest absolute Gasteiger partial charge is 0.254 e. The summed E-state index contributed by atoms with van der Waals surface area (Å²) in [6.07, 6.45) is -0.116. The summed E-state index contributed by atoms with van der Waals surface area (Å²) in [5.41, 5.74) is 1.60. The molecule has 1 aliphatic heterocycles. The second-order valence-corrected chi connectivity index (χ2v) is 4.60. The van der Waals surface area contributed by atoms with Crippen molar-refractivity contribution in [2.45, 2.75) is 12.5 Å². The van der Waals surface area contributed by atoms with Crippen LogP contribution in [0.2, 0.25) is 0 Å². The van der Waals surface area contributed by atoms with Gasteiger partial charge in [0.05, 0.1) is 13.0 Å². The highest BCUT2D eigenvalue weighted by molar-refractivity contribution is 5.94. The average Bonchev–Trinajstić information content (AvgIpc) is 2.50. The molecule has 1 heterocycles. The Hall–Kier alpha value is -1.92. The maximum absolute atomic E-state index is 11.9. The fourth-order valence-electron chi connectivity index (χ4n) is 1.94. The van der Waals surface area contributed by atoms with Gasteiger partial charge in [-0.15, -0.1) is 0 Å². The van der Waals surface area contributed by atoms with Gasteiger partial charge < -0.3 is 20.7 Å². The lowest BCUT2D eigenvalue weighted by Crippen LogP contribution is -2.45. The molecule has 108 valence electrons. The minimum absolute atomic E-state index is 0.0385. The van der Waals surface area contributed by atoms with E-state index < -0.39 is 6.10 Å². The first-order chi connectivity index (χ1) is 9.69. The van der Waals surface area contributed by atoms with E-state index >= 15 is 0 Å². The summed E-state index contributed by atoms with van der Waals surface area (Å²) in [5, 5.41) is 8.48. The second-order valence-electron chi connectivity index (χ2n) is 4.60. The normalized spacial score (nSPS) is 18.4. The zero-order chi connectivity index (χ0) is 14.4. The number of morpholine rings is 1. The molecule has 2 amide bonds. The lowest BCUT2D eigenvalue weighted by molar-refractivity contribution is -0.128. The molecule has 0 saturated carbocycles. The number of nitrogens with one attached hydrogen (secondary N) is 3. The number of hydrogen-bond donors (Lipinski definition) is 3. The Morgan fingerprint density at radius 1 is 1.35 bits per heavy atom. The van der Waals surface area contributed by atoms with E-state index in [-0.39, 0.29) is 11.8 Å². The SMILES string of the molecule is CNC(=O)Cc1ccc(NC(=O)C2CNCCO2)cc1. The number of hydrogen-bond acceptors (Lipinski definition) is 4. The van der Waals surface area contributed by atoms with E-state index in [4.69, 9.17) is 4.74 Å². The van der Waals surface area contributed by atoms with Crippen LogP contribution in [-0.4, -0.2) is 44.7 Å². The average molecular weight is 277 g/mol. The molecule has 3 N–H and O–H groups in total. The van der Waals surface area contributed by atoms with Crippen LogP contribution in [0.25, 0.3) is 0 Å². The molecule has 1 unspecified atom stereocenters. The standard InChI is InChI=1S/C14H19N3O3/c1-15-13(18)8-10-2-4-11(5-3-10)17-14(19)12-9-16-6-7-20-12/h2-5,12,16H,6-9H2,1H3,(H,15,18)(H,17,19). The van der Waals surface area contributed by atoms with Crippen molar-refractivity contribution >= 4 is 17.5 Å². The molecule has 1 fully saturated rings. The van der Waals surface area contributed by atoms with Crippen molar-refractivity contribution in [3.8, 4) is 0 Å². The van der Waals surface area contributed by atoms with Crippen molar-refractivity contribution in [2.24, 2.45) is 0 Å². The zero-order valence-corrected chi connectivity index (χ0v) is 11.4. The van der Waals surface area contributed by atoms with Crippen molar-refractivity contribution in [1.29, 1.82) is 0 Å². The highest BCUT2D eigenvalue weighted by Gasteiger charge is 2.21. The van der Waals surface area contributed by atoms with Crippen LogP contribution >= 0.6 is 0 Å². The number of anilines is 1. The number of likely N-dealkylation sites (N-methyl/N-ethyl adjacent to an activating group) is 1. The Bertz CT molecular complexity index is 467. The Morgan fingerprint density at radius 2 is 2.10 bits per heavy atom. The summed E-state index contributed by atoms with van der Waals surface area (Å²) in [7, 11) is 1.61. The van der Waals surface area contributed by atoms with E-state index in [1.807, 2.05) is 12.1 Å². The number of carbonyl (C=O) groups excluding carboxylic acids is 2. The molecule has 2 rings (SSSR count). The van der Waals surface area contributed by atoms with E-state index in [2.05, 4.69) is 16.0 Å². The molecule has 1 aromatic carbocycles. The van der Waals surface area contributed by atoms with Gasteiger partial charge in [0.25, 0.3) is 5.91 Å². The Balaban J connectivity index is 1.89. The third kappa shape index (κ3) is 4.04. The molecule has 0 radical (unpaired) electrons. The minimum atomic E-state index is -0.450. The molecule has 6 nitrogen and oxygen atoms in total. The number of carbonyl (C=O) groups is 2. The molecule has 1 atom stereocenters. The van der Waals surface area contributed by atoms with E-state index in [0.717, 1.165) is 12.1 Å². The predicted octanol–water partition coefficient (Wildman–Crippen LogP) is -0.0980. The zero-order valence-electron chi connectivity index (χ0n) is 11.4. The van der Waals surface area contributed by atoms with E-state index in [0.29, 0.717) is 25.3 Å². The van der Waals surface area contributed by atoms with Crippen LogP contribution in [0, 0.1) is 0 Å². The summed E-state index contributed by atoms with van der Waals surface area (Å²) >= 11 is 0. The molecule has 6 heteroatoms. The van der Waals surface area contributed by atoms with Gasteiger partial charge >= 0.3 is 0 Å². The monoisotopic (exact) mass is 277 g/mol. The number of amides is 2. The Kier molecular flexibility index (Phi) is 5.09. The van der Waals surface area contributed by atoms with Crippen LogP contribution in [0.5, 0.6) is 0 Å². The molecule has 20 heavy (non-hydrogen) atoms. The highest BCUT2D eigenvalue weighted by atomic mass is 16.5. The molecule has 1 saturated heterocycles. The van der Waals surface area contributed by atoms with Gasteiger partial charge in [0, 0.05) is 25.8 Å². The van der Waals surface area contributed by atoms with Crippen molar-refractivity contribution in [3.63, 3.8) is 0 Å². The van der Waals surface area contributed by atoms with Gasteiger partial charge in [-0.25, -0.2) is 0 Å². The number of ether oxygens (including phenoxy) is 1. The van der Waals surface area contributed by atoms with Gasteiger partial charge in [0.1, 0.15) is 6.10 Å². The molecule has 0 bridgehead atoms.